The number of ether oxygens (including phenoxy) is 1. The lowest BCUT2D eigenvalue weighted by Gasteiger charge is -2.13. The van der Waals surface area contributed by atoms with Crippen molar-refractivity contribution in [3.05, 3.63) is 28.0 Å². The van der Waals surface area contributed by atoms with Gasteiger partial charge < -0.3 is 9.15 Å². The first kappa shape index (κ1) is 12.1. The number of carbonyl (C=O) groups excluding carboxylic acids is 1. The van der Waals surface area contributed by atoms with Crippen LogP contribution in [-0.2, 0) is 10.2 Å². The second-order valence-corrected chi connectivity index (χ2v) is 4.26. The van der Waals surface area contributed by atoms with Gasteiger partial charge in [-0.25, -0.2) is 4.79 Å². The summed E-state index contributed by atoms with van der Waals surface area (Å²) in [5, 5.41) is 3.40. The minimum absolute atomic E-state index is 0.0646. The number of rotatable bonds is 2. The van der Waals surface area contributed by atoms with E-state index in [0.29, 0.717) is 5.76 Å². The Balaban J connectivity index is 3.31. The Hall–Kier alpha value is -1.94. The van der Waals surface area contributed by atoms with Gasteiger partial charge in [0.1, 0.15) is 5.76 Å². The number of hydrogen-bond acceptors (Lipinski definition) is 4. The molecule has 0 fully saturated rings. The van der Waals surface area contributed by atoms with Crippen molar-refractivity contribution in [2.75, 3.05) is 7.11 Å². The van der Waals surface area contributed by atoms with E-state index < -0.39 is 5.97 Å². The summed E-state index contributed by atoms with van der Waals surface area (Å²) < 4.78 is 9.88. The molecule has 0 aromatic carbocycles. The van der Waals surface area contributed by atoms with E-state index in [4.69, 9.17) is 9.95 Å². The third kappa shape index (κ3) is 2.35. The molecular formula is C10H13N3O3. The van der Waals surface area contributed by atoms with Crippen LogP contribution in [0.3, 0.4) is 0 Å². The first-order valence-electron chi connectivity index (χ1n) is 4.68. The molecule has 0 unspecified atom stereocenters. The van der Waals surface area contributed by atoms with Gasteiger partial charge in [-0.3, -0.25) is 0 Å². The monoisotopic (exact) mass is 223 g/mol. The summed E-state index contributed by atoms with van der Waals surface area (Å²) >= 11 is 0. The highest BCUT2D eigenvalue weighted by molar-refractivity contribution is 5.91. The average Bonchev–Trinajstić information content (AvgIpc) is 2.61. The molecule has 0 saturated carbocycles. The maximum atomic E-state index is 11.4. The maximum Gasteiger partial charge on any atom is 0.374 e. The van der Waals surface area contributed by atoms with Crippen LogP contribution in [0.15, 0.2) is 15.6 Å². The summed E-state index contributed by atoms with van der Waals surface area (Å²) in [4.78, 5) is 14.0. The van der Waals surface area contributed by atoms with Gasteiger partial charge in [0.15, 0.2) is 0 Å². The zero-order valence-electron chi connectivity index (χ0n) is 9.64. The van der Waals surface area contributed by atoms with Gasteiger partial charge in [-0.2, -0.15) is 0 Å². The normalized spacial score (nSPS) is 10.8. The van der Waals surface area contributed by atoms with Crippen LogP contribution >= 0.6 is 0 Å². The quantitative estimate of drug-likeness (QED) is 0.333. The fourth-order valence-electron chi connectivity index (χ4n) is 1.11. The molecule has 86 valence electrons. The van der Waals surface area contributed by atoms with Crippen molar-refractivity contribution in [1.29, 1.82) is 0 Å². The first-order valence-corrected chi connectivity index (χ1v) is 4.68. The Morgan fingerprint density at radius 2 is 2.19 bits per heavy atom. The second-order valence-electron chi connectivity index (χ2n) is 4.26. The molecular weight excluding hydrogens is 210 g/mol. The van der Waals surface area contributed by atoms with Gasteiger partial charge in [0.25, 0.3) is 0 Å². The summed E-state index contributed by atoms with van der Waals surface area (Å²) in [6, 6.07) is 1.55. The second kappa shape index (κ2) is 4.28. The van der Waals surface area contributed by atoms with Gasteiger partial charge in [-0.1, -0.05) is 25.9 Å². The molecule has 1 heterocycles. The van der Waals surface area contributed by atoms with E-state index in [1.165, 1.54) is 7.11 Å². The summed E-state index contributed by atoms with van der Waals surface area (Å²) in [6.07, 6.45) is 0. The van der Waals surface area contributed by atoms with Crippen molar-refractivity contribution in [2.45, 2.75) is 26.2 Å². The summed E-state index contributed by atoms with van der Waals surface area (Å²) in [6.45, 7) is 5.77. The van der Waals surface area contributed by atoms with Gasteiger partial charge in [0, 0.05) is 10.3 Å². The number of azide groups is 1. The van der Waals surface area contributed by atoms with Crippen LogP contribution in [0.2, 0.25) is 0 Å². The Morgan fingerprint density at radius 3 is 2.62 bits per heavy atom. The molecule has 6 nitrogen and oxygen atoms in total. The molecule has 0 N–H and O–H groups in total. The topological polar surface area (TPSA) is 88.2 Å². The molecule has 0 spiro atoms. The highest BCUT2D eigenvalue weighted by Gasteiger charge is 2.24. The van der Waals surface area contributed by atoms with E-state index in [-0.39, 0.29) is 16.9 Å². The van der Waals surface area contributed by atoms with Gasteiger partial charge >= 0.3 is 5.97 Å². The molecule has 0 aliphatic carbocycles. The van der Waals surface area contributed by atoms with Crippen LogP contribution in [0.1, 0.15) is 37.1 Å². The lowest BCUT2D eigenvalue weighted by Crippen LogP contribution is -2.09. The fraction of sp³-hybridized carbons (Fsp3) is 0.500. The minimum Gasteiger partial charge on any atom is -0.463 e. The predicted octanol–water partition coefficient (Wildman–Crippen LogP) is 3.31. The molecule has 0 radical (unpaired) electrons. The highest BCUT2D eigenvalue weighted by atomic mass is 16.5. The molecule has 0 bridgehead atoms. The van der Waals surface area contributed by atoms with E-state index >= 15 is 0 Å². The lowest BCUT2D eigenvalue weighted by atomic mass is 9.93. The lowest BCUT2D eigenvalue weighted by molar-refractivity contribution is 0.0562. The fourth-order valence-corrected chi connectivity index (χ4v) is 1.11. The Bertz CT molecular complexity index is 450. The van der Waals surface area contributed by atoms with E-state index in [1.54, 1.807) is 6.07 Å². The van der Waals surface area contributed by atoms with Crippen LogP contribution in [-0.4, -0.2) is 13.1 Å². The number of furan rings is 1. The molecule has 6 heteroatoms. The van der Waals surface area contributed by atoms with Gasteiger partial charge in [0.2, 0.25) is 5.76 Å². The molecule has 16 heavy (non-hydrogen) atoms. The molecule has 1 aromatic rings. The SMILES string of the molecule is COC(=O)c1oc(C(C)(C)C)cc1N=[N+]=[N-]. The minimum atomic E-state index is -0.655. The van der Waals surface area contributed by atoms with Crippen LogP contribution in [0.25, 0.3) is 10.4 Å². The van der Waals surface area contributed by atoms with Gasteiger partial charge in [-0.15, -0.1) is 0 Å². The van der Waals surface area contributed by atoms with E-state index in [9.17, 15) is 4.79 Å². The molecule has 0 aliphatic heterocycles. The van der Waals surface area contributed by atoms with Crippen molar-refractivity contribution in [3.8, 4) is 0 Å². The largest absolute Gasteiger partial charge is 0.463 e. The molecule has 0 saturated heterocycles. The third-order valence-electron chi connectivity index (χ3n) is 1.97. The van der Waals surface area contributed by atoms with Crippen molar-refractivity contribution in [1.82, 2.24) is 0 Å². The molecule has 0 aliphatic rings. The number of esters is 1. The molecule has 1 rings (SSSR count). The molecule has 0 atom stereocenters. The standard InChI is InChI=1S/C10H13N3O3/c1-10(2,3)7-5-6(12-13-11)8(16-7)9(14)15-4/h5H,1-4H3. The number of carbonyl (C=O) groups is 1. The van der Waals surface area contributed by atoms with Crippen molar-refractivity contribution in [3.63, 3.8) is 0 Å². The smallest absolute Gasteiger partial charge is 0.374 e. The highest BCUT2D eigenvalue weighted by Crippen LogP contribution is 2.32. The van der Waals surface area contributed by atoms with Crippen molar-refractivity contribution < 1.29 is 13.9 Å². The molecule has 0 amide bonds. The predicted molar refractivity (Wildman–Crippen MR) is 57.6 cm³/mol. The number of methoxy groups -OCH3 is 1. The number of hydrogen-bond donors (Lipinski definition) is 0. The van der Waals surface area contributed by atoms with Gasteiger partial charge in [-0.05, 0) is 11.6 Å². The Labute approximate surface area is 92.8 Å². The first-order chi connectivity index (χ1) is 7.40. The molecule has 1 aromatic heterocycles. The summed E-state index contributed by atoms with van der Waals surface area (Å²) in [5.41, 5.74) is 8.26. The Morgan fingerprint density at radius 1 is 1.56 bits per heavy atom. The maximum absolute atomic E-state index is 11.4. The van der Waals surface area contributed by atoms with E-state index in [0.717, 1.165) is 0 Å². The van der Waals surface area contributed by atoms with Crippen LogP contribution in [0.4, 0.5) is 5.69 Å². The zero-order chi connectivity index (χ0) is 12.3. The Kier molecular flexibility index (Phi) is 3.25. The zero-order valence-corrected chi connectivity index (χ0v) is 9.64. The van der Waals surface area contributed by atoms with E-state index in [1.807, 2.05) is 20.8 Å². The summed E-state index contributed by atoms with van der Waals surface area (Å²) in [7, 11) is 1.24. The van der Waals surface area contributed by atoms with Crippen LogP contribution in [0, 0.1) is 0 Å². The van der Waals surface area contributed by atoms with E-state index in [2.05, 4.69) is 14.8 Å². The number of nitrogens with zero attached hydrogens (tertiary/aromatic N) is 3. The average molecular weight is 223 g/mol. The van der Waals surface area contributed by atoms with Crippen LogP contribution < -0.4 is 0 Å². The van der Waals surface area contributed by atoms with Gasteiger partial charge in [0.05, 0.1) is 12.8 Å². The third-order valence-corrected chi connectivity index (χ3v) is 1.97. The van der Waals surface area contributed by atoms with Crippen molar-refractivity contribution in [2.24, 2.45) is 5.11 Å². The van der Waals surface area contributed by atoms with Crippen molar-refractivity contribution >= 4 is 11.7 Å². The summed E-state index contributed by atoms with van der Waals surface area (Å²) in [5.74, 6) is -0.154. The van der Waals surface area contributed by atoms with Crippen LogP contribution in [0.5, 0.6) is 0 Å².